The van der Waals surface area contributed by atoms with Crippen LogP contribution in [0.3, 0.4) is 0 Å². The Hall–Kier alpha value is -1.64. The van der Waals surface area contributed by atoms with Crippen LogP contribution in [0.15, 0.2) is 18.2 Å². The Morgan fingerprint density at radius 3 is 2.72 bits per heavy atom. The quantitative estimate of drug-likeness (QED) is 0.674. The van der Waals surface area contributed by atoms with E-state index in [1.165, 1.54) is 19.2 Å². The van der Waals surface area contributed by atoms with Crippen molar-refractivity contribution < 1.29 is 23.0 Å². The Morgan fingerprint density at radius 2 is 2.08 bits per heavy atom. The average Bonchev–Trinajstić information content (AvgIpc) is 2.59. The molecule has 1 saturated heterocycles. The maximum absolute atomic E-state index is 12.6. The Labute approximate surface area is 152 Å². The van der Waals surface area contributed by atoms with Crippen molar-refractivity contribution in [2.75, 3.05) is 46.4 Å². The summed E-state index contributed by atoms with van der Waals surface area (Å²) in [6.07, 6.45) is 0.792. The predicted molar refractivity (Wildman–Crippen MR) is 93.1 cm³/mol. The summed E-state index contributed by atoms with van der Waals surface area (Å²) in [5.74, 6) is -0.594. The number of ether oxygens (including phenoxy) is 2. The zero-order valence-corrected chi connectivity index (χ0v) is 14.9. The largest absolute Gasteiger partial charge is 0.493 e. The van der Waals surface area contributed by atoms with E-state index in [9.17, 15) is 13.6 Å². The van der Waals surface area contributed by atoms with E-state index in [-0.39, 0.29) is 29.5 Å². The fraction of sp³-hybridized carbons (Fsp3) is 0.562. The summed E-state index contributed by atoms with van der Waals surface area (Å²) >= 11 is 0. The van der Waals surface area contributed by atoms with Crippen molar-refractivity contribution in [3.05, 3.63) is 23.8 Å². The molecule has 0 bridgehead atoms. The van der Waals surface area contributed by atoms with Gasteiger partial charge in [-0.15, -0.1) is 12.4 Å². The van der Waals surface area contributed by atoms with E-state index < -0.39 is 12.5 Å². The molecular formula is C16H24ClF2N3O3. The predicted octanol–water partition coefficient (Wildman–Crippen LogP) is 1.74. The molecule has 2 rings (SSSR count). The average molecular weight is 380 g/mol. The van der Waals surface area contributed by atoms with Gasteiger partial charge in [0.25, 0.3) is 5.91 Å². The number of hydrogen-bond donors (Lipinski definition) is 2. The zero-order valence-electron chi connectivity index (χ0n) is 14.1. The topological polar surface area (TPSA) is 62.8 Å². The van der Waals surface area contributed by atoms with Gasteiger partial charge < -0.3 is 25.0 Å². The normalized spacial score (nSPS) is 14.7. The second-order valence-corrected chi connectivity index (χ2v) is 5.42. The number of halogens is 3. The van der Waals surface area contributed by atoms with Gasteiger partial charge in [-0.25, -0.2) is 0 Å². The second kappa shape index (κ2) is 11.1. The molecule has 0 saturated carbocycles. The summed E-state index contributed by atoms with van der Waals surface area (Å²) in [5, 5.41) is 6.02. The van der Waals surface area contributed by atoms with Crippen LogP contribution in [0.1, 0.15) is 16.8 Å². The number of amides is 1. The smallest absolute Gasteiger partial charge is 0.387 e. The molecule has 2 N–H and O–H groups in total. The molecule has 6 nitrogen and oxygen atoms in total. The molecule has 1 aromatic rings. The zero-order chi connectivity index (χ0) is 17.4. The number of carbonyl (C=O) groups excluding carboxylic acids is 1. The van der Waals surface area contributed by atoms with Gasteiger partial charge in [0.1, 0.15) is 0 Å². The molecule has 1 aromatic carbocycles. The monoisotopic (exact) mass is 379 g/mol. The van der Waals surface area contributed by atoms with Crippen molar-refractivity contribution in [1.82, 2.24) is 15.5 Å². The summed E-state index contributed by atoms with van der Waals surface area (Å²) in [5.41, 5.74) is 0.0387. The molecule has 142 valence electrons. The Kier molecular flexibility index (Phi) is 9.48. The highest BCUT2D eigenvalue weighted by Crippen LogP contribution is 2.32. The third-order valence-corrected chi connectivity index (χ3v) is 3.80. The van der Waals surface area contributed by atoms with Gasteiger partial charge in [-0.2, -0.15) is 8.78 Å². The first kappa shape index (κ1) is 21.4. The van der Waals surface area contributed by atoms with Crippen LogP contribution in [-0.4, -0.2) is 63.8 Å². The molecule has 1 aliphatic rings. The van der Waals surface area contributed by atoms with E-state index >= 15 is 0 Å². The first-order valence-corrected chi connectivity index (χ1v) is 7.95. The molecule has 9 heteroatoms. The third kappa shape index (κ3) is 6.64. The van der Waals surface area contributed by atoms with E-state index in [2.05, 4.69) is 20.3 Å². The number of nitrogens with one attached hydrogen (secondary N) is 2. The third-order valence-electron chi connectivity index (χ3n) is 3.80. The number of piperazine rings is 1. The van der Waals surface area contributed by atoms with Crippen LogP contribution in [0.5, 0.6) is 11.5 Å². The minimum Gasteiger partial charge on any atom is -0.493 e. The number of benzene rings is 1. The minimum atomic E-state index is -3.03. The van der Waals surface area contributed by atoms with Crippen LogP contribution in [0.4, 0.5) is 8.78 Å². The maximum Gasteiger partial charge on any atom is 0.387 e. The number of para-hydroxylation sites is 1. The fourth-order valence-corrected chi connectivity index (χ4v) is 2.60. The second-order valence-electron chi connectivity index (χ2n) is 5.42. The SMILES string of the molecule is COc1cccc(C(=O)NCCCN2CCNCC2)c1OC(F)F.Cl. The molecule has 1 amide bonds. The molecular weight excluding hydrogens is 356 g/mol. The highest BCUT2D eigenvalue weighted by molar-refractivity contribution is 5.97. The summed E-state index contributed by atoms with van der Waals surface area (Å²) in [6, 6.07) is 4.47. The van der Waals surface area contributed by atoms with Gasteiger partial charge in [-0.1, -0.05) is 6.07 Å². The van der Waals surface area contributed by atoms with Crippen LogP contribution < -0.4 is 20.1 Å². The van der Waals surface area contributed by atoms with E-state index in [4.69, 9.17) is 4.74 Å². The molecule has 0 radical (unpaired) electrons. The van der Waals surface area contributed by atoms with Crippen LogP contribution in [0.25, 0.3) is 0 Å². The lowest BCUT2D eigenvalue weighted by Gasteiger charge is -2.27. The lowest BCUT2D eigenvalue weighted by molar-refractivity contribution is -0.0515. The van der Waals surface area contributed by atoms with Crippen molar-refractivity contribution in [2.45, 2.75) is 13.0 Å². The van der Waals surface area contributed by atoms with Crippen molar-refractivity contribution in [3.63, 3.8) is 0 Å². The molecule has 0 unspecified atom stereocenters. The Morgan fingerprint density at radius 1 is 1.36 bits per heavy atom. The summed E-state index contributed by atoms with van der Waals surface area (Å²) in [6.45, 7) is 2.27. The van der Waals surface area contributed by atoms with Crippen LogP contribution in [0.2, 0.25) is 0 Å². The van der Waals surface area contributed by atoms with Crippen molar-refractivity contribution >= 4 is 18.3 Å². The highest BCUT2D eigenvalue weighted by atomic mass is 35.5. The molecule has 0 aromatic heterocycles. The number of nitrogens with zero attached hydrogens (tertiary/aromatic N) is 1. The standard InChI is InChI=1S/C16H23F2N3O3.ClH/c1-23-13-5-2-4-12(14(13)24-16(17)18)15(22)20-6-3-9-21-10-7-19-8-11-21;/h2,4-5,16,19H,3,6-11H2,1H3,(H,20,22);1H. The van der Waals surface area contributed by atoms with E-state index in [0.29, 0.717) is 6.54 Å². The van der Waals surface area contributed by atoms with Crippen LogP contribution in [0, 0.1) is 0 Å². The van der Waals surface area contributed by atoms with Gasteiger partial charge in [-0.05, 0) is 25.1 Å². The van der Waals surface area contributed by atoms with E-state index in [1.807, 2.05) is 0 Å². The van der Waals surface area contributed by atoms with Crippen LogP contribution in [-0.2, 0) is 0 Å². The molecule has 0 spiro atoms. The fourth-order valence-electron chi connectivity index (χ4n) is 2.60. The molecule has 25 heavy (non-hydrogen) atoms. The van der Waals surface area contributed by atoms with Crippen molar-refractivity contribution in [1.29, 1.82) is 0 Å². The summed E-state index contributed by atoms with van der Waals surface area (Å²) in [7, 11) is 1.34. The maximum atomic E-state index is 12.6. The van der Waals surface area contributed by atoms with Crippen molar-refractivity contribution in [2.24, 2.45) is 0 Å². The van der Waals surface area contributed by atoms with Gasteiger partial charge in [-0.3, -0.25) is 4.79 Å². The van der Waals surface area contributed by atoms with Gasteiger partial charge in [0.05, 0.1) is 12.7 Å². The molecule has 1 heterocycles. The lowest BCUT2D eigenvalue weighted by Crippen LogP contribution is -2.44. The van der Waals surface area contributed by atoms with E-state index in [0.717, 1.165) is 39.1 Å². The first-order chi connectivity index (χ1) is 11.6. The molecule has 0 atom stereocenters. The number of carbonyl (C=O) groups is 1. The number of methoxy groups -OCH3 is 1. The highest BCUT2D eigenvalue weighted by Gasteiger charge is 2.20. The van der Waals surface area contributed by atoms with Gasteiger partial charge in [0, 0.05) is 32.7 Å². The van der Waals surface area contributed by atoms with Gasteiger partial charge in [0.15, 0.2) is 11.5 Å². The van der Waals surface area contributed by atoms with Crippen molar-refractivity contribution in [3.8, 4) is 11.5 Å². The first-order valence-electron chi connectivity index (χ1n) is 7.95. The molecule has 1 fully saturated rings. The lowest BCUT2D eigenvalue weighted by atomic mass is 10.1. The summed E-state index contributed by atoms with van der Waals surface area (Å²) in [4.78, 5) is 14.6. The minimum absolute atomic E-state index is 0. The van der Waals surface area contributed by atoms with Gasteiger partial charge >= 0.3 is 6.61 Å². The molecule has 1 aliphatic heterocycles. The Bertz CT molecular complexity index is 543. The van der Waals surface area contributed by atoms with Gasteiger partial charge in [0.2, 0.25) is 0 Å². The number of rotatable bonds is 8. The van der Waals surface area contributed by atoms with Crippen LogP contribution >= 0.6 is 12.4 Å². The Balaban J connectivity index is 0.00000312. The number of alkyl halides is 2. The van der Waals surface area contributed by atoms with E-state index in [1.54, 1.807) is 6.07 Å². The molecule has 0 aliphatic carbocycles. The number of hydrogen-bond acceptors (Lipinski definition) is 5. The summed E-state index contributed by atoms with van der Waals surface area (Å²) < 4.78 is 34.6.